The second kappa shape index (κ2) is 8.19. The SMILES string of the molecule is Cc1ccc(C(=O)Oc2ccc(C(=O)OCc3ccccc3)cc2)cc1N. The van der Waals surface area contributed by atoms with Crippen LogP contribution in [-0.2, 0) is 11.3 Å². The van der Waals surface area contributed by atoms with E-state index in [1.165, 1.54) is 0 Å². The third kappa shape index (κ3) is 4.73. The van der Waals surface area contributed by atoms with E-state index in [2.05, 4.69) is 0 Å². The number of nitrogens with two attached hydrogens (primary N) is 1. The fraction of sp³-hybridized carbons (Fsp3) is 0.0909. The summed E-state index contributed by atoms with van der Waals surface area (Å²) in [6.45, 7) is 2.06. The highest BCUT2D eigenvalue weighted by molar-refractivity contribution is 5.93. The van der Waals surface area contributed by atoms with E-state index in [1.54, 1.807) is 42.5 Å². The third-order valence-corrected chi connectivity index (χ3v) is 4.03. The first-order valence-corrected chi connectivity index (χ1v) is 8.42. The summed E-state index contributed by atoms with van der Waals surface area (Å²) < 4.78 is 10.6. The van der Waals surface area contributed by atoms with Crippen LogP contribution in [0.15, 0.2) is 72.8 Å². The maximum absolute atomic E-state index is 12.2. The van der Waals surface area contributed by atoms with Gasteiger partial charge in [-0.25, -0.2) is 9.59 Å². The van der Waals surface area contributed by atoms with Gasteiger partial charge >= 0.3 is 11.9 Å². The molecule has 0 fully saturated rings. The van der Waals surface area contributed by atoms with Crippen LogP contribution in [0.3, 0.4) is 0 Å². The molecule has 27 heavy (non-hydrogen) atoms. The number of hydrogen-bond donors (Lipinski definition) is 1. The van der Waals surface area contributed by atoms with Crippen molar-refractivity contribution in [3.8, 4) is 5.75 Å². The van der Waals surface area contributed by atoms with Crippen molar-refractivity contribution in [2.24, 2.45) is 0 Å². The van der Waals surface area contributed by atoms with Gasteiger partial charge in [0.05, 0.1) is 11.1 Å². The van der Waals surface area contributed by atoms with Gasteiger partial charge < -0.3 is 15.2 Å². The Morgan fingerprint density at radius 3 is 2.19 bits per heavy atom. The van der Waals surface area contributed by atoms with Crippen molar-refractivity contribution < 1.29 is 19.1 Å². The van der Waals surface area contributed by atoms with Gasteiger partial charge in [0.2, 0.25) is 0 Å². The Kier molecular flexibility index (Phi) is 5.52. The molecule has 0 aromatic heterocycles. The number of esters is 2. The number of nitrogen functional groups attached to an aromatic ring is 1. The van der Waals surface area contributed by atoms with E-state index in [0.29, 0.717) is 22.6 Å². The van der Waals surface area contributed by atoms with Crippen LogP contribution in [0.1, 0.15) is 31.8 Å². The van der Waals surface area contributed by atoms with Gasteiger partial charge in [-0.2, -0.15) is 0 Å². The topological polar surface area (TPSA) is 78.6 Å². The summed E-state index contributed by atoms with van der Waals surface area (Å²) in [6, 6.07) is 20.6. The lowest BCUT2D eigenvalue weighted by Gasteiger charge is -2.08. The Balaban J connectivity index is 1.60. The number of carbonyl (C=O) groups excluding carboxylic acids is 2. The molecule has 2 N–H and O–H groups in total. The van der Waals surface area contributed by atoms with Crippen LogP contribution in [0.5, 0.6) is 5.75 Å². The quantitative estimate of drug-likeness (QED) is 0.419. The standard InChI is InChI=1S/C22H19NO4/c1-15-7-8-18(13-20(15)23)22(25)27-19-11-9-17(10-12-19)21(24)26-14-16-5-3-2-4-6-16/h2-13H,14,23H2,1H3. The summed E-state index contributed by atoms with van der Waals surface area (Å²) in [5, 5.41) is 0. The molecule has 0 radical (unpaired) electrons. The Morgan fingerprint density at radius 1 is 0.852 bits per heavy atom. The summed E-state index contributed by atoms with van der Waals surface area (Å²) in [5.74, 6) is -0.622. The molecule has 0 saturated heterocycles. The first-order valence-electron chi connectivity index (χ1n) is 8.42. The van der Waals surface area contributed by atoms with Crippen molar-refractivity contribution in [1.29, 1.82) is 0 Å². The second-order valence-corrected chi connectivity index (χ2v) is 6.05. The largest absolute Gasteiger partial charge is 0.457 e. The molecule has 5 heteroatoms. The number of anilines is 1. The lowest BCUT2D eigenvalue weighted by molar-refractivity contribution is 0.0472. The third-order valence-electron chi connectivity index (χ3n) is 4.03. The molecule has 0 saturated carbocycles. The normalized spacial score (nSPS) is 10.3. The van der Waals surface area contributed by atoms with Gasteiger partial charge in [-0.15, -0.1) is 0 Å². The summed E-state index contributed by atoms with van der Waals surface area (Å²) in [5.41, 5.74) is 8.89. The minimum Gasteiger partial charge on any atom is -0.457 e. The molecule has 0 spiro atoms. The molecule has 0 heterocycles. The summed E-state index contributed by atoms with van der Waals surface area (Å²) in [6.07, 6.45) is 0. The van der Waals surface area contributed by atoms with Crippen LogP contribution in [0, 0.1) is 6.92 Å². The number of aryl methyl sites for hydroxylation is 1. The first-order chi connectivity index (χ1) is 13.0. The maximum Gasteiger partial charge on any atom is 0.343 e. The van der Waals surface area contributed by atoms with Crippen LogP contribution in [0.2, 0.25) is 0 Å². The molecule has 0 aliphatic heterocycles. The van der Waals surface area contributed by atoms with Crippen molar-refractivity contribution in [2.75, 3.05) is 5.73 Å². The van der Waals surface area contributed by atoms with Crippen LogP contribution in [-0.4, -0.2) is 11.9 Å². The lowest BCUT2D eigenvalue weighted by atomic mass is 10.1. The first kappa shape index (κ1) is 18.2. The van der Waals surface area contributed by atoms with Crippen molar-refractivity contribution in [1.82, 2.24) is 0 Å². The highest BCUT2D eigenvalue weighted by Crippen LogP contribution is 2.18. The van der Waals surface area contributed by atoms with E-state index < -0.39 is 11.9 Å². The van der Waals surface area contributed by atoms with Crippen LogP contribution in [0.4, 0.5) is 5.69 Å². The molecular formula is C22H19NO4. The van der Waals surface area contributed by atoms with E-state index in [4.69, 9.17) is 15.2 Å². The molecule has 0 bridgehead atoms. The Bertz CT molecular complexity index is 950. The Hall–Kier alpha value is -3.60. The molecule has 3 aromatic rings. The molecule has 0 aliphatic rings. The summed E-state index contributed by atoms with van der Waals surface area (Å²) in [7, 11) is 0. The predicted molar refractivity (Wildman–Crippen MR) is 103 cm³/mol. The average molecular weight is 361 g/mol. The Labute approximate surface area is 157 Å². The van der Waals surface area contributed by atoms with Crippen molar-refractivity contribution in [3.05, 3.63) is 95.1 Å². The predicted octanol–water partition coefficient (Wildman–Crippen LogP) is 4.15. The van der Waals surface area contributed by atoms with E-state index in [1.807, 2.05) is 37.3 Å². The second-order valence-electron chi connectivity index (χ2n) is 6.05. The zero-order valence-corrected chi connectivity index (χ0v) is 14.8. The monoisotopic (exact) mass is 361 g/mol. The smallest absolute Gasteiger partial charge is 0.343 e. The van der Waals surface area contributed by atoms with E-state index >= 15 is 0 Å². The zero-order chi connectivity index (χ0) is 19.2. The van der Waals surface area contributed by atoms with Crippen LogP contribution in [0.25, 0.3) is 0 Å². The minimum absolute atomic E-state index is 0.200. The van der Waals surface area contributed by atoms with Crippen molar-refractivity contribution in [2.45, 2.75) is 13.5 Å². The van der Waals surface area contributed by atoms with Crippen molar-refractivity contribution >= 4 is 17.6 Å². The average Bonchev–Trinajstić information content (AvgIpc) is 2.69. The fourth-order valence-corrected chi connectivity index (χ4v) is 2.40. The van der Waals surface area contributed by atoms with Gasteiger partial charge in [0, 0.05) is 5.69 Å². The van der Waals surface area contributed by atoms with Crippen LogP contribution < -0.4 is 10.5 Å². The zero-order valence-electron chi connectivity index (χ0n) is 14.8. The summed E-state index contributed by atoms with van der Waals surface area (Å²) >= 11 is 0. The molecule has 0 unspecified atom stereocenters. The fourth-order valence-electron chi connectivity index (χ4n) is 2.40. The molecule has 3 rings (SSSR count). The van der Waals surface area contributed by atoms with Gasteiger partial charge in [-0.1, -0.05) is 36.4 Å². The highest BCUT2D eigenvalue weighted by Gasteiger charge is 2.12. The molecule has 0 aliphatic carbocycles. The van der Waals surface area contributed by atoms with Crippen LogP contribution >= 0.6 is 0 Å². The molecule has 5 nitrogen and oxygen atoms in total. The molecule has 3 aromatic carbocycles. The van der Waals surface area contributed by atoms with Crippen molar-refractivity contribution in [3.63, 3.8) is 0 Å². The summed E-state index contributed by atoms with van der Waals surface area (Å²) in [4.78, 5) is 24.3. The van der Waals surface area contributed by atoms with Gasteiger partial charge in [0.15, 0.2) is 0 Å². The minimum atomic E-state index is -0.513. The highest BCUT2D eigenvalue weighted by atomic mass is 16.5. The number of carbonyl (C=O) groups is 2. The number of ether oxygens (including phenoxy) is 2. The van der Waals surface area contributed by atoms with Gasteiger partial charge in [0.1, 0.15) is 12.4 Å². The number of rotatable bonds is 5. The lowest BCUT2D eigenvalue weighted by Crippen LogP contribution is -2.10. The number of benzene rings is 3. The molecular weight excluding hydrogens is 342 g/mol. The Morgan fingerprint density at radius 2 is 1.52 bits per heavy atom. The van der Waals surface area contributed by atoms with Gasteiger partial charge in [0.25, 0.3) is 0 Å². The van der Waals surface area contributed by atoms with Gasteiger partial charge in [-0.3, -0.25) is 0 Å². The van der Waals surface area contributed by atoms with Gasteiger partial charge in [-0.05, 0) is 54.4 Å². The molecule has 0 amide bonds. The van der Waals surface area contributed by atoms with E-state index in [0.717, 1.165) is 11.1 Å². The maximum atomic E-state index is 12.2. The van der Waals surface area contributed by atoms with E-state index in [9.17, 15) is 9.59 Å². The molecule has 136 valence electrons. The number of hydrogen-bond acceptors (Lipinski definition) is 5. The van der Waals surface area contributed by atoms with E-state index in [-0.39, 0.29) is 6.61 Å². The molecule has 0 atom stereocenters.